The second kappa shape index (κ2) is 9.58. The van der Waals surface area contributed by atoms with Crippen molar-refractivity contribution in [1.82, 2.24) is 20.1 Å². The molecule has 7 heteroatoms. The molecule has 0 saturated carbocycles. The maximum atomic E-state index is 12.0. The van der Waals surface area contributed by atoms with Crippen molar-refractivity contribution in [1.29, 1.82) is 0 Å². The standard InChI is InChI=1S/C18H26N4O2S/c1-13(2)24-10-6-9-19-17(23)12-25-18-21-20-15(4)22(18)16-8-5-7-14(3)11-16/h5,7-8,11,13H,6,9-10,12H2,1-4H3,(H,19,23). The lowest BCUT2D eigenvalue weighted by Crippen LogP contribution is -2.27. The first-order chi connectivity index (χ1) is 12.0. The summed E-state index contributed by atoms with van der Waals surface area (Å²) in [5.74, 6) is 1.11. The number of benzene rings is 1. The van der Waals surface area contributed by atoms with Gasteiger partial charge in [0.25, 0.3) is 0 Å². The predicted octanol–water partition coefficient (Wildman–Crippen LogP) is 2.91. The quantitative estimate of drug-likeness (QED) is 0.549. The summed E-state index contributed by atoms with van der Waals surface area (Å²) in [4.78, 5) is 12.0. The van der Waals surface area contributed by atoms with Gasteiger partial charge in [-0.05, 0) is 51.8 Å². The number of rotatable bonds is 9. The molecule has 1 N–H and O–H groups in total. The summed E-state index contributed by atoms with van der Waals surface area (Å²) in [5, 5.41) is 12.0. The molecule has 0 aliphatic heterocycles. The van der Waals surface area contributed by atoms with E-state index in [1.807, 2.05) is 50.5 Å². The molecule has 2 rings (SSSR count). The first-order valence-electron chi connectivity index (χ1n) is 8.47. The lowest BCUT2D eigenvalue weighted by atomic mass is 10.2. The molecule has 6 nitrogen and oxygen atoms in total. The van der Waals surface area contributed by atoms with Crippen LogP contribution in [-0.4, -0.2) is 45.7 Å². The van der Waals surface area contributed by atoms with Crippen LogP contribution in [0.15, 0.2) is 29.4 Å². The van der Waals surface area contributed by atoms with Gasteiger partial charge in [0.1, 0.15) is 5.82 Å². The highest BCUT2D eigenvalue weighted by atomic mass is 32.2. The minimum atomic E-state index is -0.00834. The molecule has 25 heavy (non-hydrogen) atoms. The van der Waals surface area contributed by atoms with Gasteiger partial charge in [-0.2, -0.15) is 0 Å². The summed E-state index contributed by atoms with van der Waals surface area (Å²) in [7, 11) is 0. The van der Waals surface area contributed by atoms with Gasteiger partial charge in [0.2, 0.25) is 5.91 Å². The lowest BCUT2D eigenvalue weighted by molar-refractivity contribution is -0.118. The third-order valence-corrected chi connectivity index (χ3v) is 4.41. The van der Waals surface area contributed by atoms with E-state index < -0.39 is 0 Å². The topological polar surface area (TPSA) is 69.0 Å². The van der Waals surface area contributed by atoms with Gasteiger partial charge in [-0.25, -0.2) is 0 Å². The molecule has 1 aromatic heterocycles. The zero-order valence-electron chi connectivity index (χ0n) is 15.3. The Morgan fingerprint density at radius 2 is 2.12 bits per heavy atom. The number of carbonyl (C=O) groups excluding carboxylic acids is 1. The Labute approximate surface area is 153 Å². The second-order valence-electron chi connectivity index (χ2n) is 6.12. The zero-order valence-corrected chi connectivity index (χ0v) is 16.1. The highest BCUT2D eigenvalue weighted by Gasteiger charge is 2.13. The monoisotopic (exact) mass is 362 g/mol. The summed E-state index contributed by atoms with van der Waals surface area (Å²) in [6.45, 7) is 9.24. The van der Waals surface area contributed by atoms with Gasteiger partial charge in [0.15, 0.2) is 5.16 Å². The van der Waals surface area contributed by atoms with E-state index in [2.05, 4.69) is 21.6 Å². The van der Waals surface area contributed by atoms with Crippen LogP contribution in [0.25, 0.3) is 5.69 Å². The van der Waals surface area contributed by atoms with Crippen molar-refractivity contribution >= 4 is 17.7 Å². The van der Waals surface area contributed by atoms with E-state index in [9.17, 15) is 4.79 Å². The summed E-state index contributed by atoms with van der Waals surface area (Å²) in [6.07, 6.45) is 1.04. The Kier molecular flexibility index (Phi) is 7.46. The van der Waals surface area contributed by atoms with Crippen molar-refractivity contribution < 1.29 is 9.53 Å². The number of aromatic nitrogens is 3. The average molecular weight is 362 g/mol. The lowest BCUT2D eigenvalue weighted by Gasteiger charge is -2.10. The van der Waals surface area contributed by atoms with Crippen LogP contribution in [0.1, 0.15) is 31.7 Å². The third-order valence-electron chi connectivity index (χ3n) is 3.48. The van der Waals surface area contributed by atoms with Crippen LogP contribution in [-0.2, 0) is 9.53 Å². The number of nitrogens with zero attached hydrogens (tertiary/aromatic N) is 3. The molecule has 0 radical (unpaired) electrons. The van der Waals surface area contributed by atoms with Crippen LogP contribution >= 0.6 is 11.8 Å². The minimum Gasteiger partial charge on any atom is -0.379 e. The number of carbonyl (C=O) groups is 1. The normalized spacial score (nSPS) is 11.1. The van der Waals surface area contributed by atoms with Crippen LogP contribution in [0.3, 0.4) is 0 Å². The van der Waals surface area contributed by atoms with Gasteiger partial charge in [0, 0.05) is 18.8 Å². The first kappa shape index (κ1) is 19.5. The van der Waals surface area contributed by atoms with Gasteiger partial charge in [0.05, 0.1) is 11.9 Å². The number of hydrogen-bond donors (Lipinski definition) is 1. The summed E-state index contributed by atoms with van der Waals surface area (Å²) >= 11 is 1.39. The highest BCUT2D eigenvalue weighted by molar-refractivity contribution is 7.99. The number of hydrogen-bond acceptors (Lipinski definition) is 5. The number of ether oxygens (including phenoxy) is 1. The molecule has 0 saturated heterocycles. The summed E-state index contributed by atoms with van der Waals surface area (Å²) in [6, 6.07) is 8.15. The van der Waals surface area contributed by atoms with E-state index in [-0.39, 0.29) is 12.0 Å². The molecule has 0 atom stereocenters. The van der Waals surface area contributed by atoms with Crippen molar-refractivity contribution in [3.8, 4) is 5.69 Å². The molecule has 0 fully saturated rings. The number of aryl methyl sites for hydroxylation is 2. The molecule has 0 aliphatic rings. The van der Waals surface area contributed by atoms with Crippen molar-refractivity contribution in [2.75, 3.05) is 18.9 Å². The number of amides is 1. The Hall–Kier alpha value is -1.86. The second-order valence-corrected chi connectivity index (χ2v) is 7.06. The third kappa shape index (κ3) is 6.17. The van der Waals surface area contributed by atoms with Gasteiger partial charge in [-0.3, -0.25) is 9.36 Å². The summed E-state index contributed by atoms with van der Waals surface area (Å²) in [5.41, 5.74) is 2.18. The van der Waals surface area contributed by atoms with E-state index in [1.54, 1.807) is 0 Å². The predicted molar refractivity (Wildman–Crippen MR) is 100 cm³/mol. The molecule has 0 aliphatic carbocycles. The van der Waals surface area contributed by atoms with Crippen molar-refractivity contribution in [2.24, 2.45) is 0 Å². The van der Waals surface area contributed by atoms with E-state index in [0.717, 1.165) is 23.1 Å². The molecule has 0 unspecified atom stereocenters. The van der Waals surface area contributed by atoms with Crippen molar-refractivity contribution in [3.05, 3.63) is 35.7 Å². The highest BCUT2D eigenvalue weighted by Crippen LogP contribution is 2.22. The van der Waals surface area contributed by atoms with E-state index >= 15 is 0 Å². The zero-order chi connectivity index (χ0) is 18.2. The fourth-order valence-electron chi connectivity index (χ4n) is 2.30. The summed E-state index contributed by atoms with van der Waals surface area (Å²) < 4.78 is 7.43. The maximum absolute atomic E-state index is 12.0. The van der Waals surface area contributed by atoms with E-state index in [0.29, 0.717) is 18.9 Å². The minimum absolute atomic E-state index is 0.00834. The van der Waals surface area contributed by atoms with Gasteiger partial charge in [-0.1, -0.05) is 23.9 Å². The van der Waals surface area contributed by atoms with Gasteiger partial charge in [-0.15, -0.1) is 10.2 Å². The van der Waals surface area contributed by atoms with E-state index in [4.69, 9.17) is 4.74 Å². The molecule has 0 spiro atoms. The molecule has 2 aromatic rings. The molecule has 1 heterocycles. The van der Waals surface area contributed by atoms with Crippen molar-refractivity contribution in [3.63, 3.8) is 0 Å². The van der Waals surface area contributed by atoms with Crippen LogP contribution in [0, 0.1) is 13.8 Å². The SMILES string of the molecule is Cc1cccc(-n2c(C)nnc2SCC(=O)NCCCOC(C)C)c1. The van der Waals surface area contributed by atoms with Gasteiger partial charge < -0.3 is 10.1 Å². The Balaban J connectivity index is 1.86. The fourth-order valence-corrected chi connectivity index (χ4v) is 3.13. The smallest absolute Gasteiger partial charge is 0.230 e. The molecule has 1 aromatic carbocycles. The van der Waals surface area contributed by atoms with E-state index in [1.165, 1.54) is 17.3 Å². The molecule has 0 bridgehead atoms. The Morgan fingerprint density at radius 1 is 1.32 bits per heavy atom. The van der Waals surface area contributed by atoms with Crippen molar-refractivity contribution in [2.45, 2.75) is 45.4 Å². The van der Waals surface area contributed by atoms with Crippen LogP contribution in [0.2, 0.25) is 0 Å². The number of thioether (sulfide) groups is 1. The molecular weight excluding hydrogens is 336 g/mol. The largest absolute Gasteiger partial charge is 0.379 e. The molecule has 1 amide bonds. The maximum Gasteiger partial charge on any atom is 0.230 e. The molecular formula is C18H26N4O2S. The number of nitrogens with one attached hydrogen (secondary N) is 1. The van der Waals surface area contributed by atoms with Crippen LogP contribution in [0.5, 0.6) is 0 Å². The Morgan fingerprint density at radius 3 is 2.84 bits per heavy atom. The van der Waals surface area contributed by atoms with Crippen LogP contribution in [0.4, 0.5) is 0 Å². The Bertz CT molecular complexity index is 700. The molecule has 136 valence electrons. The van der Waals surface area contributed by atoms with Crippen LogP contribution < -0.4 is 5.32 Å². The fraction of sp³-hybridized carbons (Fsp3) is 0.500. The average Bonchev–Trinajstić information content (AvgIpc) is 2.93. The van der Waals surface area contributed by atoms with Gasteiger partial charge >= 0.3 is 0 Å². The first-order valence-corrected chi connectivity index (χ1v) is 9.46.